The molecule has 0 bridgehead atoms. The van der Waals surface area contributed by atoms with E-state index in [0.29, 0.717) is 35.8 Å². The van der Waals surface area contributed by atoms with Gasteiger partial charge in [-0.1, -0.05) is 24.3 Å². The fourth-order valence-electron chi connectivity index (χ4n) is 4.86. The van der Waals surface area contributed by atoms with Crippen molar-refractivity contribution in [3.05, 3.63) is 66.4 Å². The molecule has 1 aromatic carbocycles. The van der Waals surface area contributed by atoms with Crippen LogP contribution in [0.4, 0.5) is 10.2 Å². The summed E-state index contributed by atoms with van der Waals surface area (Å²) < 4.78 is 22.8. The number of rotatable bonds is 6. The second-order valence-corrected chi connectivity index (χ2v) is 9.74. The van der Waals surface area contributed by atoms with E-state index in [2.05, 4.69) is 21.0 Å². The maximum atomic E-state index is 15.4. The number of nitriles is 1. The molecule has 1 amide bonds. The predicted molar refractivity (Wildman–Crippen MR) is 141 cm³/mol. The summed E-state index contributed by atoms with van der Waals surface area (Å²) >= 11 is 0. The molecule has 3 aromatic heterocycles. The van der Waals surface area contributed by atoms with Gasteiger partial charge in [-0.15, -0.1) is 0 Å². The lowest BCUT2D eigenvalue weighted by molar-refractivity contribution is -0.128. The Balaban J connectivity index is 1.33. The van der Waals surface area contributed by atoms with E-state index in [9.17, 15) is 10.1 Å². The number of piperidine rings is 1. The van der Waals surface area contributed by atoms with Crippen molar-refractivity contribution in [3.8, 4) is 29.0 Å². The van der Waals surface area contributed by atoms with Gasteiger partial charge >= 0.3 is 0 Å². The fourth-order valence-corrected chi connectivity index (χ4v) is 4.86. The number of pyridine rings is 1. The second-order valence-electron chi connectivity index (χ2n) is 9.74. The highest BCUT2D eigenvalue weighted by Crippen LogP contribution is 2.36. The van der Waals surface area contributed by atoms with Crippen LogP contribution < -0.4 is 10.5 Å². The molecule has 0 spiro atoms. The minimum absolute atomic E-state index is 0.101. The van der Waals surface area contributed by atoms with Crippen LogP contribution in [0.5, 0.6) is 11.6 Å². The van der Waals surface area contributed by atoms with Gasteiger partial charge in [-0.05, 0) is 43.7 Å². The molecule has 1 aliphatic carbocycles. The minimum atomic E-state index is -0.588. The Bertz CT molecular complexity index is 1620. The normalized spacial score (nSPS) is 17.7. The quantitative estimate of drug-likeness (QED) is 0.289. The molecular weight excluding hydrogens is 499 g/mol. The number of ether oxygens (including phenoxy) is 1. The summed E-state index contributed by atoms with van der Waals surface area (Å²) in [5, 5.41) is 14.7. The number of carbonyl (C=O) groups is 1. The number of aromatic nitrogens is 5. The molecule has 11 heteroatoms. The Morgan fingerprint density at radius 1 is 1.18 bits per heavy atom. The first-order valence-electron chi connectivity index (χ1n) is 12.8. The number of likely N-dealkylation sites (tertiary alicyclic amines) is 1. The smallest absolute Gasteiger partial charge is 0.264 e. The summed E-state index contributed by atoms with van der Waals surface area (Å²) in [6.45, 7) is 0.886. The number of nitrogen functional groups attached to an aromatic ring is 1. The monoisotopic (exact) mass is 524 g/mol. The number of para-hydroxylation sites is 1. The maximum absolute atomic E-state index is 15.4. The first kappa shape index (κ1) is 24.5. The number of fused-ring (bicyclic) bond motifs is 1. The van der Waals surface area contributed by atoms with E-state index in [0.717, 1.165) is 25.7 Å². The number of anilines is 1. The second kappa shape index (κ2) is 10.1. The first-order chi connectivity index (χ1) is 19.0. The van der Waals surface area contributed by atoms with Crippen molar-refractivity contribution in [2.45, 2.75) is 31.7 Å². The molecule has 2 aliphatic rings. The minimum Gasteiger partial charge on any atom is -0.439 e. The highest BCUT2D eigenvalue weighted by molar-refractivity contribution is 5.99. The standard InChI is InChI=1S/C28H25FN8O2/c29-22-12-23(39-20-6-2-1-3-7-20)32-14-21(22)25-24-26(31)33-16-34-27(24)37(35-25)19-5-4-10-36(15-19)28(38)18(13-30)11-17-8-9-17/h1-3,6-7,11-12,14,16-17,19H,4-5,8-10,15H2,(H2,31,33,34). The van der Waals surface area contributed by atoms with E-state index < -0.39 is 5.82 Å². The third kappa shape index (κ3) is 4.88. The molecule has 39 heavy (non-hydrogen) atoms. The topological polar surface area (TPSA) is 136 Å². The zero-order chi connectivity index (χ0) is 26.9. The van der Waals surface area contributed by atoms with Crippen LogP contribution in [0.3, 0.4) is 0 Å². The molecular formula is C28H25FN8O2. The summed E-state index contributed by atoms with van der Waals surface area (Å²) in [6, 6.07) is 12.0. The summed E-state index contributed by atoms with van der Waals surface area (Å²) in [6.07, 6.45) is 7.93. The molecule has 6 rings (SSSR count). The number of allylic oxidation sites excluding steroid dienone is 1. The molecule has 1 aliphatic heterocycles. The molecule has 1 saturated carbocycles. The van der Waals surface area contributed by atoms with Crippen LogP contribution in [0.15, 0.2) is 60.6 Å². The van der Waals surface area contributed by atoms with Crippen LogP contribution in [0.1, 0.15) is 31.7 Å². The average molecular weight is 525 g/mol. The predicted octanol–water partition coefficient (Wildman–Crippen LogP) is 4.43. The van der Waals surface area contributed by atoms with Gasteiger partial charge < -0.3 is 15.4 Å². The molecule has 1 atom stereocenters. The molecule has 10 nitrogen and oxygen atoms in total. The van der Waals surface area contributed by atoms with E-state index in [1.54, 1.807) is 27.8 Å². The van der Waals surface area contributed by atoms with Crippen molar-refractivity contribution in [2.75, 3.05) is 18.8 Å². The highest BCUT2D eigenvalue weighted by atomic mass is 19.1. The van der Waals surface area contributed by atoms with Crippen LogP contribution in [0, 0.1) is 23.1 Å². The van der Waals surface area contributed by atoms with E-state index in [1.165, 1.54) is 18.6 Å². The maximum Gasteiger partial charge on any atom is 0.264 e. The van der Waals surface area contributed by atoms with Crippen molar-refractivity contribution >= 4 is 22.8 Å². The van der Waals surface area contributed by atoms with Gasteiger partial charge in [-0.2, -0.15) is 10.4 Å². The Morgan fingerprint density at radius 3 is 2.74 bits per heavy atom. The van der Waals surface area contributed by atoms with Gasteiger partial charge in [-0.25, -0.2) is 24.0 Å². The number of nitrogens with zero attached hydrogens (tertiary/aromatic N) is 7. The van der Waals surface area contributed by atoms with Crippen LogP contribution >= 0.6 is 0 Å². The third-order valence-corrected chi connectivity index (χ3v) is 6.97. The van der Waals surface area contributed by atoms with Gasteiger partial charge in [0.25, 0.3) is 5.91 Å². The van der Waals surface area contributed by atoms with Crippen LogP contribution in [0.25, 0.3) is 22.3 Å². The lowest BCUT2D eigenvalue weighted by Crippen LogP contribution is -2.41. The summed E-state index contributed by atoms with van der Waals surface area (Å²) in [5.74, 6) is 0.249. The Kier molecular flexibility index (Phi) is 6.36. The number of amides is 1. The number of nitrogens with two attached hydrogens (primary N) is 1. The molecule has 2 N–H and O–H groups in total. The van der Waals surface area contributed by atoms with E-state index in [4.69, 9.17) is 15.6 Å². The third-order valence-electron chi connectivity index (χ3n) is 6.97. The first-order valence-corrected chi connectivity index (χ1v) is 12.8. The van der Waals surface area contributed by atoms with E-state index in [1.807, 2.05) is 18.2 Å². The molecule has 4 aromatic rings. The van der Waals surface area contributed by atoms with Gasteiger partial charge in [0, 0.05) is 25.4 Å². The Hall–Kier alpha value is -4.85. The molecule has 196 valence electrons. The highest BCUT2D eigenvalue weighted by Gasteiger charge is 2.31. The van der Waals surface area contributed by atoms with Gasteiger partial charge in [0.2, 0.25) is 5.88 Å². The molecule has 1 saturated heterocycles. The van der Waals surface area contributed by atoms with Crippen molar-refractivity contribution in [2.24, 2.45) is 5.92 Å². The molecule has 2 fully saturated rings. The van der Waals surface area contributed by atoms with E-state index in [-0.39, 0.29) is 40.5 Å². The van der Waals surface area contributed by atoms with Crippen molar-refractivity contribution in [1.82, 2.24) is 29.6 Å². The number of hydrogen-bond acceptors (Lipinski definition) is 8. The van der Waals surface area contributed by atoms with Gasteiger partial charge in [0.1, 0.15) is 41.0 Å². The molecule has 1 unspecified atom stereocenters. The van der Waals surface area contributed by atoms with Crippen LogP contribution in [-0.2, 0) is 4.79 Å². The van der Waals surface area contributed by atoms with Crippen molar-refractivity contribution < 1.29 is 13.9 Å². The largest absolute Gasteiger partial charge is 0.439 e. The van der Waals surface area contributed by atoms with Gasteiger partial charge in [0.15, 0.2) is 5.65 Å². The molecule has 0 radical (unpaired) electrons. The zero-order valence-electron chi connectivity index (χ0n) is 21.0. The van der Waals surface area contributed by atoms with Crippen molar-refractivity contribution in [3.63, 3.8) is 0 Å². The summed E-state index contributed by atoms with van der Waals surface area (Å²) in [4.78, 5) is 27.6. The van der Waals surface area contributed by atoms with Crippen LogP contribution in [-0.4, -0.2) is 48.6 Å². The Morgan fingerprint density at radius 2 is 2.00 bits per heavy atom. The van der Waals surface area contributed by atoms with E-state index >= 15 is 4.39 Å². The Labute approximate surface area is 223 Å². The lowest BCUT2D eigenvalue weighted by atomic mass is 10.0. The fraction of sp³-hybridized carbons (Fsp3) is 0.286. The van der Waals surface area contributed by atoms with Crippen LogP contribution in [0.2, 0.25) is 0 Å². The number of carbonyl (C=O) groups excluding carboxylic acids is 1. The number of hydrogen-bond donors (Lipinski definition) is 1. The van der Waals surface area contributed by atoms with Gasteiger partial charge in [0.05, 0.1) is 17.0 Å². The average Bonchev–Trinajstić information content (AvgIpc) is 3.70. The summed E-state index contributed by atoms with van der Waals surface area (Å²) in [7, 11) is 0. The van der Waals surface area contributed by atoms with Gasteiger partial charge in [-0.3, -0.25) is 4.79 Å². The summed E-state index contributed by atoms with van der Waals surface area (Å²) in [5.41, 5.74) is 7.23. The number of benzene rings is 1. The zero-order valence-corrected chi connectivity index (χ0v) is 21.0. The number of halogens is 1. The lowest BCUT2D eigenvalue weighted by Gasteiger charge is -2.32. The molecule has 4 heterocycles. The SMILES string of the molecule is N#CC(=CC1CC1)C(=O)N1CCCC(n2nc(-c3cnc(Oc4ccccc4)cc3F)c3c(N)ncnc32)C1. The van der Waals surface area contributed by atoms with Crippen molar-refractivity contribution in [1.29, 1.82) is 5.26 Å².